The third-order valence-electron chi connectivity index (χ3n) is 11.5. The molecule has 0 aromatic carbocycles. The Morgan fingerprint density at radius 3 is 1.58 bits per heavy atom. The molecule has 0 spiro atoms. The summed E-state index contributed by atoms with van der Waals surface area (Å²) in [7, 11) is 0. The van der Waals surface area contributed by atoms with E-state index in [0.29, 0.717) is 13.0 Å². The maximum absolute atomic E-state index is 13.0. The minimum atomic E-state index is -1.72. The Bertz CT molecular complexity index is 1300. The number of ether oxygens (including phenoxy) is 6. The molecule has 65 heavy (non-hydrogen) atoms. The van der Waals surface area contributed by atoms with Gasteiger partial charge in [0.15, 0.2) is 12.6 Å². The van der Waals surface area contributed by atoms with Crippen molar-refractivity contribution in [1.29, 1.82) is 0 Å². The van der Waals surface area contributed by atoms with Gasteiger partial charge in [0.05, 0.1) is 26.4 Å². The fourth-order valence-corrected chi connectivity index (χ4v) is 7.46. The molecule has 0 aliphatic carbocycles. The molecule has 11 unspecified atom stereocenters. The predicted octanol–water partition coefficient (Wildman–Crippen LogP) is 6.96. The summed E-state index contributed by atoms with van der Waals surface area (Å²) in [6.45, 7) is 3.40. The lowest BCUT2D eigenvalue weighted by Gasteiger charge is -2.42. The number of hydrogen-bond donors (Lipinski definition) is 7. The number of carbonyl (C=O) groups excluding carboxylic acids is 1. The monoisotopic (exact) mass is 925 g/mol. The number of carbonyl (C=O) groups is 1. The van der Waals surface area contributed by atoms with Crippen LogP contribution in [0.5, 0.6) is 0 Å². The Labute approximate surface area is 390 Å². The Morgan fingerprint density at radius 2 is 1.00 bits per heavy atom. The van der Waals surface area contributed by atoms with Gasteiger partial charge in [0.25, 0.3) is 0 Å². The maximum Gasteiger partial charge on any atom is 0.306 e. The Hall–Kier alpha value is -2.31. The quantitative estimate of drug-likeness (QED) is 0.0190. The van der Waals surface area contributed by atoms with E-state index in [9.17, 15) is 40.5 Å². The second-order valence-corrected chi connectivity index (χ2v) is 17.3. The van der Waals surface area contributed by atoms with Crippen LogP contribution < -0.4 is 0 Å². The molecule has 14 nitrogen and oxygen atoms in total. The van der Waals surface area contributed by atoms with Crippen LogP contribution in [-0.4, -0.2) is 142 Å². The summed E-state index contributed by atoms with van der Waals surface area (Å²) in [5.74, 6) is -0.402. The molecule has 0 bridgehead atoms. The van der Waals surface area contributed by atoms with Gasteiger partial charge in [-0.3, -0.25) is 4.79 Å². The molecule has 0 saturated carbocycles. The first-order valence-corrected chi connectivity index (χ1v) is 24.9. The van der Waals surface area contributed by atoms with E-state index >= 15 is 0 Å². The van der Waals surface area contributed by atoms with Crippen molar-refractivity contribution in [3.63, 3.8) is 0 Å². The minimum absolute atomic E-state index is 0.0197. The van der Waals surface area contributed by atoms with Gasteiger partial charge in [0.2, 0.25) is 0 Å². The number of esters is 1. The van der Waals surface area contributed by atoms with Crippen LogP contribution in [0.15, 0.2) is 60.8 Å². The van der Waals surface area contributed by atoms with Crippen molar-refractivity contribution in [2.24, 2.45) is 0 Å². The van der Waals surface area contributed by atoms with E-state index in [1.165, 1.54) is 64.2 Å². The standard InChI is InChI=1S/C51H88O14/c1-3-5-7-9-11-13-15-17-19-20-21-22-24-26-28-30-32-34-43(53)63-40(37-60-35-33-31-29-27-25-23-18-16-14-12-10-8-6-4-2)38-61-50-49(59)47(57)45(55)42(65-50)39-62-51-48(58)46(56)44(54)41(36-52)64-51/h6,8,12,14,17-19,23,27,29,40-42,44-52,54-59H,3-5,7,9-11,13,15-16,20-22,24-26,28,30-39H2,1-2H3/b8-6-,14-12-,19-17-,23-18-,29-27-. The molecule has 2 saturated heterocycles. The number of unbranched alkanes of at least 4 members (excludes halogenated alkanes) is 14. The van der Waals surface area contributed by atoms with Crippen molar-refractivity contribution in [2.45, 2.75) is 223 Å². The number of aliphatic hydroxyl groups is 7. The summed E-state index contributed by atoms with van der Waals surface area (Å²) in [5.41, 5.74) is 0. The van der Waals surface area contributed by atoms with Crippen molar-refractivity contribution in [3.05, 3.63) is 60.8 Å². The number of rotatable bonds is 38. The molecule has 0 aromatic heterocycles. The molecule has 0 aromatic rings. The van der Waals surface area contributed by atoms with Gasteiger partial charge in [-0.1, -0.05) is 139 Å². The summed E-state index contributed by atoms with van der Waals surface area (Å²) < 4.78 is 34.1. The fraction of sp³-hybridized carbons (Fsp3) is 0.784. The zero-order valence-electron chi connectivity index (χ0n) is 39.7. The molecule has 14 heteroatoms. The first-order valence-electron chi connectivity index (χ1n) is 24.9. The van der Waals surface area contributed by atoms with E-state index in [1.54, 1.807) is 0 Å². The van der Waals surface area contributed by atoms with Crippen LogP contribution in [-0.2, 0) is 33.2 Å². The van der Waals surface area contributed by atoms with E-state index in [-0.39, 0.29) is 19.6 Å². The lowest BCUT2D eigenvalue weighted by atomic mass is 9.98. The largest absolute Gasteiger partial charge is 0.457 e. The molecule has 2 rings (SSSR count). The van der Waals surface area contributed by atoms with Gasteiger partial charge in [-0.2, -0.15) is 0 Å². The number of aliphatic hydroxyl groups excluding tert-OH is 7. The average molecular weight is 925 g/mol. The summed E-state index contributed by atoms with van der Waals surface area (Å²) in [5, 5.41) is 72.0. The maximum atomic E-state index is 13.0. The van der Waals surface area contributed by atoms with E-state index < -0.39 is 86.7 Å². The van der Waals surface area contributed by atoms with Crippen LogP contribution >= 0.6 is 0 Å². The third-order valence-corrected chi connectivity index (χ3v) is 11.5. The lowest BCUT2D eigenvalue weighted by Crippen LogP contribution is -2.61. The van der Waals surface area contributed by atoms with Crippen LogP contribution in [0.3, 0.4) is 0 Å². The summed E-state index contributed by atoms with van der Waals surface area (Å²) in [6.07, 6.45) is 28.7. The van der Waals surface area contributed by atoms with Crippen molar-refractivity contribution < 1.29 is 69.0 Å². The van der Waals surface area contributed by atoms with Gasteiger partial charge in [-0.25, -0.2) is 0 Å². The molecule has 11 atom stereocenters. The second-order valence-electron chi connectivity index (χ2n) is 17.3. The molecule has 376 valence electrons. The van der Waals surface area contributed by atoms with Crippen LogP contribution in [0.25, 0.3) is 0 Å². The Balaban J connectivity index is 1.81. The van der Waals surface area contributed by atoms with Crippen molar-refractivity contribution in [3.8, 4) is 0 Å². The molecule has 2 fully saturated rings. The van der Waals surface area contributed by atoms with Crippen molar-refractivity contribution in [1.82, 2.24) is 0 Å². The van der Waals surface area contributed by atoms with E-state index in [0.717, 1.165) is 64.2 Å². The molecule has 2 heterocycles. The molecule has 0 amide bonds. The normalized spacial score (nSPS) is 27.0. The van der Waals surface area contributed by atoms with Gasteiger partial charge in [0.1, 0.15) is 54.9 Å². The van der Waals surface area contributed by atoms with Gasteiger partial charge in [-0.05, 0) is 70.6 Å². The van der Waals surface area contributed by atoms with Crippen LogP contribution in [0.2, 0.25) is 0 Å². The second kappa shape index (κ2) is 38.6. The molecule has 0 radical (unpaired) electrons. The van der Waals surface area contributed by atoms with E-state index in [2.05, 4.69) is 74.6 Å². The van der Waals surface area contributed by atoms with Crippen LogP contribution in [0.1, 0.15) is 155 Å². The summed E-state index contributed by atoms with van der Waals surface area (Å²) >= 11 is 0. The van der Waals surface area contributed by atoms with E-state index in [1.807, 2.05) is 0 Å². The summed E-state index contributed by atoms with van der Waals surface area (Å²) in [4.78, 5) is 13.0. The zero-order valence-corrected chi connectivity index (χ0v) is 39.7. The summed E-state index contributed by atoms with van der Waals surface area (Å²) in [6, 6.07) is 0. The lowest BCUT2D eigenvalue weighted by molar-refractivity contribution is -0.332. The molecular weight excluding hydrogens is 837 g/mol. The predicted molar refractivity (Wildman–Crippen MR) is 252 cm³/mol. The topological polar surface area (TPSA) is 214 Å². The van der Waals surface area contributed by atoms with E-state index in [4.69, 9.17) is 28.4 Å². The first kappa shape index (κ1) is 58.8. The highest BCUT2D eigenvalue weighted by Gasteiger charge is 2.47. The smallest absolute Gasteiger partial charge is 0.306 e. The van der Waals surface area contributed by atoms with Crippen LogP contribution in [0, 0.1) is 0 Å². The molecule has 7 N–H and O–H groups in total. The zero-order chi connectivity index (χ0) is 47.3. The van der Waals surface area contributed by atoms with Crippen molar-refractivity contribution in [2.75, 3.05) is 33.0 Å². The highest BCUT2D eigenvalue weighted by atomic mass is 16.7. The Morgan fingerprint density at radius 1 is 0.523 bits per heavy atom. The van der Waals surface area contributed by atoms with Crippen LogP contribution in [0.4, 0.5) is 0 Å². The third kappa shape index (κ3) is 26.7. The highest BCUT2D eigenvalue weighted by Crippen LogP contribution is 2.26. The Kier molecular flexibility index (Phi) is 35.0. The number of hydrogen-bond acceptors (Lipinski definition) is 14. The van der Waals surface area contributed by atoms with Gasteiger partial charge in [0, 0.05) is 13.0 Å². The van der Waals surface area contributed by atoms with Crippen molar-refractivity contribution >= 4 is 5.97 Å². The number of allylic oxidation sites excluding steroid dienone is 10. The molecular formula is C51H88O14. The average Bonchev–Trinajstić information content (AvgIpc) is 3.30. The highest BCUT2D eigenvalue weighted by molar-refractivity contribution is 5.69. The van der Waals surface area contributed by atoms with Gasteiger partial charge < -0.3 is 64.2 Å². The fourth-order valence-electron chi connectivity index (χ4n) is 7.46. The molecule has 2 aliphatic heterocycles. The molecule has 2 aliphatic rings. The van der Waals surface area contributed by atoms with Gasteiger partial charge >= 0.3 is 5.97 Å². The first-order chi connectivity index (χ1) is 31.6. The SMILES string of the molecule is CC/C=C\C/C=C\C/C=C\C/C=C\CCCOCC(COC1OC(COC2OC(CO)C(O)C(O)C2O)C(O)C(O)C1O)OC(=O)CCCCCCCCC/C=C\CCCCCCCC. The van der Waals surface area contributed by atoms with Gasteiger partial charge in [-0.15, -0.1) is 0 Å². The minimum Gasteiger partial charge on any atom is -0.457 e.